The number of rotatable bonds is 1. The molecule has 1 saturated heterocycles. The Balaban J connectivity index is 1.71. The highest BCUT2D eigenvalue weighted by Gasteiger charge is 2.35. The molecule has 5 nitrogen and oxygen atoms in total. The number of fused-ring (bicyclic) bond motifs is 1. The molecule has 1 fully saturated rings. The Hall–Kier alpha value is -1.36. The average Bonchev–Trinajstić information content (AvgIpc) is 2.93. The van der Waals surface area contributed by atoms with Crippen molar-refractivity contribution in [2.45, 2.75) is 45.3 Å². The van der Waals surface area contributed by atoms with E-state index in [1.54, 1.807) is 6.33 Å². The molecule has 3 atom stereocenters. The Kier molecular flexibility index (Phi) is 2.86. The van der Waals surface area contributed by atoms with Gasteiger partial charge in [0, 0.05) is 25.6 Å². The fraction of sp³-hybridized carbons (Fsp3) is 0.692. The maximum atomic E-state index is 12.5. The van der Waals surface area contributed by atoms with E-state index >= 15 is 0 Å². The van der Waals surface area contributed by atoms with Crippen LogP contribution in [0.3, 0.4) is 0 Å². The van der Waals surface area contributed by atoms with Gasteiger partial charge in [0.05, 0.1) is 23.8 Å². The van der Waals surface area contributed by atoms with E-state index in [2.05, 4.69) is 29.1 Å². The number of amides is 1. The van der Waals surface area contributed by atoms with Gasteiger partial charge in [-0.15, -0.1) is 0 Å². The molecule has 2 aliphatic rings. The Bertz CT molecular complexity index is 456. The first-order chi connectivity index (χ1) is 8.65. The summed E-state index contributed by atoms with van der Waals surface area (Å²) in [4.78, 5) is 21.9. The molecule has 18 heavy (non-hydrogen) atoms. The number of H-pyrrole nitrogens is 1. The Morgan fingerprint density at radius 1 is 1.50 bits per heavy atom. The van der Waals surface area contributed by atoms with E-state index in [9.17, 15) is 4.79 Å². The normalized spacial score (nSPS) is 31.4. The minimum atomic E-state index is -0.103. The topological polar surface area (TPSA) is 61.0 Å². The summed E-state index contributed by atoms with van der Waals surface area (Å²) in [5.74, 6) is 0.856. The highest BCUT2D eigenvalue weighted by molar-refractivity contribution is 5.83. The van der Waals surface area contributed by atoms with Crippen molar-refractivity contribution < 1.29 is 4.79 Å². The number of likely N-dealkylation sites (tertiary alicyclic amines) is 1. The zero-order chi connectivity index (χ0) is 12.7. The molecule has 0 aliphatic carbocycles. The largest absolute Gasteiger partial charge is 0.347 e. The summed E-state index contributed by atoms with van der Waals surface area (Å²) >= 11 is 0. The minimum Gasteiger partial charge on any atom is -0.347 e. The van der Waals surface area contributed by atoms with Crippen molar-refractivity contribution in [2.24, 2.45) is 5.92 Å². The Morgan fingerprint density at radius 3 is 3.06 bits per heavy atom. The van der Waals surface area contributed by atoms with Crippen molar-refractivity contribution in [2.75, 3.05) is 6.54 Å². The molecular weight excluding hydrogens is 228 g/mol. The van der Waals surface area contributed by atoms with Crippen LogP contribution < -0.4 is 5.32 Å². The van der Waals surface area contributed by atoms with E-state index in [0.717, 1.165) is 24.4 Å². The van der Waals surface area contributed by atoms with E-state index in [-0.39, 0.29) is 11.9 Å². The number of imidazole rings is 1. The van der Waals surface area contributed by atoms with Crippen LogP contribution in [-0.2, 0) is 17.8 Å². The van der Waals surface area contributed by atoms with Crippen molar-refractivity contribution in [3.63, 3.8) is 0 Å². The highest BCUT2D eigenvalue weighted by atomic mass is 16.2. The molecule has 1 aromatic rings. The fourth-order valence-electron chi connectivity index (χ4n) is 3.15. The Labute approximate surface area is 107 Å². The van der Waals surface area contributed by atoms with Crippen LogP contribution in [0.5, 0.6) is 0 Å². The third-order valence-corrected chi connectivity index (χ3v) is 4.10. The molecule has 5 heteroatoms. The molecule has 1 amide bonds. The van der Waals surface area contributed by atoms with Crippen LogP contribution in [0.4, 0.5) is 0 Å². The van der Waals surface area contributed by atoms with Crippen molar-refractivity contribution in [3.05, 3.63) is 17.7 Å². The molecule has 2 aliphatic heterocycles. The van der Waals surface area contributed by atoms with Gasteiger partial charge < -0.3 is 9.88 Å². The third-order valence-electron chi connectivity index (χ3n) is 4.10. The molecule has 2 N–H and O–H groups in total. The molecule has 0 aromatic carbocycles. The summed E-state index contributed by atoms with van der Waals surface area (Å²) in [6, 6.07) is 0.267. The molecular formula is C13H20N4O. The lowest BCUT2D eigenvalue weighted by molar-refractivity contribution is -0.134. The van der Waals surface area contributed by atoms with Crippen LogP contribution in [-0.4, -0.2) is 39.4 Å². The SMILES string of the molecule is CC1CC(C)N(C(=O)C2Cc3nc[nH]c3CN2)C1. The molecule has 0 saturated carbocycles. The zero-order valence-corrected chi connectivity index (χ0v) is 10.9. The van der Waals surface area contributed by atoms with E-state index in [1.165, 1.54) is 0 Å². The first-order valence-corrected chi connectivity index (χ1v) is 6.70. The monoisotopic (exact) mass is 248 g/mol. The Morgan fingerprint density at radius 2 is 2.33 bits per heavy atom. The lowest BCUT2D eigenvalue weighted by atomic mass is 10.0. The second kappa shape index (κ2) is 4.39. The fourth-order valence-corrected chi connectivity index (χ4v) is 3.15. The number of carbonyl (C=O) groups excluding carboxylic acids is 1. The van der Waals surface area contributed by atoms with Gasteiger partial charge in [0.1, 0.15) is 0 Å². The van der Waals surface area contributed by atoms with Crippen molar-refractivity contribution >= 4 is 5.91 Å². The van der Waals surface area contributed by atoms with Crippen molar-refractivity contribution in [3.8, 4) is 0 Å². The average molecular weight is 248 g/mol. The van der Waals surface area contributed by atoms with Crippen molar-refractivity contribution in [1.82, 2.24) is 20.2 Å². The summed E-state index contributed by atoms with van der Waals surface area (Å²) < 4.78 is 0. The molecule has 3 rings (SSSR count). The summed E-state index contributed by atoms with van der Waals surface area (Å²) in [6.45, 7) is 5.96. The summed E-state index contributed by atoms with van der Waals surface area (Å²) in [5.41, 5.74) is 2.15. The predicted molar refractivity (Wildman–Crippen MR) is 67.9 cm³/mol. The lowest BCUT2D eigenvalue weighted by Gasteiger charge is -2.29. The van der Waals surface area contributed by atoms with Gasteiger partial charge in [-0.3, -0.25) is 10.1 Å². The van der Waals surface area contributed by atoms with Crippen LogP contribution in [0.2, 0.25) is 0 Å². The minimum absolute atomic E-state index is 0.103. The van der Waals surface area contributed by atoms with Gasteiger partial charge in [-0.1, -0.05) is 6.92 Å². The first-order valence-electron chi connectivity index (χ1n) is 6.70. The second-order valence-corrected chi connectivity index (χ2v) is 5.65. The van der Waals surface area contributed by atoms with Gasteiger partial charge in [-0.05, 0) is 19.3 Å². The molecule has 3 unspecified atom stereocenters. The smallest absolute Gasteiger partial charge is 0.240 e. The number of carbonyl (C=O) groups is 1. The van der Waals surface area contributed by atoms with Gasteiger partial charge >= 0.3 is 0 Å². The van der Waals surface area contributed by atoms with Crippen LogP contribution in [0, 0.1) is 5.92 Å². The maximum absolute atomic E-state index is 12.5. The predicted octanol–water partition coefficient (Wildman–Crippen LogP) is 0.681. The lowest BCUT2D eigenvalue weighted by Crippen LogP contribution is -2.50. The van der Waals surface area contributed by atoms with Gasteiger partial charge in [-0.25, -0.2) is 4.98 Å². The number of nitrogens with zero attached hydrogens (tertiary/aromatic N) is 2. The molecule has 98 valence electrons. The number of aromatic nitrogens is 2. The summed E-state index contributed by atoms with van der Waals surface area (Å²) in [5, 5.41) is 3.31. The number of nitrogens with one attached hydrogen (secondary N) is 2. The van der Waals surface area contributed by atoms with E-state index in [1.807, 2.05) is 4.90 Å². The second-order valence-electron chi connectivity index (χ2n) is 5.65. The molecule has 3 heterocycles. The van der Waals surface area contributed by atoms with E-state index in [4.69, 9.17) is 0 Å². The van der Waals surface area contributed by atoms with Crippen LogP contribution in [0.25, 0.3) is 0 Å². The van der Waals surface area contributed by atoms with Crippen LogP contribution in [0.15, 0.2) is 6.33 Å². The molecule has 1 aromatic heterocycles. The molecule has 0 bridgehead atoms. The zero-order valence-electron chi connectivity index (χ0n) is 10.9. The molecule has 0 spiro atoms. The molecule has 0 radical (unpaired) electrons. The van der Waals surface area contributed by atoms with E-state index < -0.39 is 0 Å². The van der Waals surface area contributed by atoms with Crippen molar-refractivity contribution in [1.29, 1.82) is 0 Å². The third kappa shape index (κ3) is 1.92. The van der Waals surface area contributed by atoms with Crippen LogP contribution in [0.1, 0.15) is 31.7 Å². The summed E-state index contributed by atoms with van der Waals surface area (Å²) in [6.07, 6.45) is 3.53. The quantitative estimate of drug-likeness (QED) is 0.768. The van der Waals surface area contributed by atoms with Crippen LogP contribution >= 0.6 is 0 Å². The van der Waals surface area contributed by atoms with Gasteiger partial charge in [0.25, 0.3) is 0 Å². The number of hydrogen-bond acceptors (Lipinski definition) is 3. The van der Waals surface area contributed by atoms with E-state index in [0.29, 0.717) is 24.9 Å². The summed E-state index contributed by atoms with van der Waals surface area (Å²) in [7, 11) is 0. The standard InChI is InChI=1S/C13H20N4O/c1-8-3-9(2)17(6-8)13(18)11-4-10-12(5-14-11)16-7-15-10/h7-9,11,14H,3-6H2,1-2H3,(H,15,16). The van der Waals surface area contributed by atoms with Gasteiger partial charge in [0.2, 0.25) is 5.91 Å². The maximum Gasteiger partial charge on any atom is 0.240 e. The first kappa shape index (κ1) is 11.7. The number of hydrogen-bond donors (Lipinski definition) is 2. The highest BCUT2D eigenvalue weighted by Crippen LogP contribution is 2.24. The van der Waals surface area contributed by atoms with Gasteiger partial charge in [-0.2, -0.15) is 0 Å². The number of aromatic amines is 1. The van der Waals surface area contributed by atoms with Gasteiger partial charge in [0.15, 0.2) is 0 Å².